The highest BCUT2D eigenvalue weighted by atomic mass is 16.5. The van der Waals surface area contributed by atoms with Crippen LogP contribution in [0, 0.1) is 5.92 Å². The monoisotopic (exact) mass is 468 g/mol. The number of rotatable bonds is 8. The number of nitrogens with one attached hydrogen (secondary N) is 2. The Kier molecular flexibility index (Phi) is 8.34. The van der Waals surface area contributed by atoms with E-state index in [1.54, 1.807) is 47.4 Å². The Morgan fingerprint density at radius 1 is 1.18 bits per heavy atom. The largest absolute Gasteiger partial charge is 0.493 e. The number of anilines is 2. The van der Waals surface area contributed by atoms with Crippen LogP contribution in [0.15, 0.2) is 42.5 Å². The third-order valence-corrected chi connectivity index (χ3v) is 5.53. The topological polar surface area (TPSA) is 123 Å². The van der Waals surface area contributed by atoms with E-state index in [0.29, 0.717) is 47.9 Å². The van der Waals surface area contributed by atoms with E-state index in [0.717, 1.165) is 12.8 Å². The number of carbonyl (C=O) groups is 3. The van der Waals surface area contributed by atoms with Crippen LogP contribution in [0.1, 0.15) is 47.4 Å². The Balaban J connectivity index is 1.59. The molecule has 0 spiro atoms. The van der Waals surface area contributed by atoms with Gasteiger partial charge in [-0.15, -0.1) is 0 Å². The van der Waals surface area contributed by atoms with Crippen molar-refractivity contribution in [3.05, 3.63) is 53.6 Å². The molecule has 4 N–H and O–H groups in total. The maximum absolute atomic E-state index is 12.9. The van der Waals surface area contributed by atoms with Gasteiger partial charge in [-0.3, -0.25) is 4.79 Å². The lowest BCUT2D eigenvalue weighted by Gasteiger charge is -2.32. The smallest absolute Gasteiger partial charge is 0.337 e. The molecule has 3 rings (SSSR count). The second-order valence-corrected chi connectivity index (χ2v) is 8.64. The fourth-order valence-corrected chi connectivity index (χ4v) is 3.90. The van der Waals surface area contributed by atoms with Crippen LogP contribution in [0.5, 0.6) is 5.75 Å². The zero-order chi connectivity index (χ0) is 24.7. The molecule has 1 saturated heterocycles. The molecule has 0 saturated carbocycles. The van der Waals surface area contributed by atoms with Gasteiger partial charge in [-0.25, -0.2) is 9.59 Å². The maximum atomic E-state index is 12.9. The Morgan fingerprint density at radius 3 is 2.68 bits per heavy atom. The van der Waals surface area contributed by atoms with Gasteiger partial charge < -0.3 is 30.7 Å². The van der Waals surface area contributed by atoms with Gasteiger partial charge in [-0.05, 0) is 63.1 Å². The van der Waals surface area contributed by atoms with Crippen molar-refractivity contribution in [3.8, 4) is 5.75 Å². The van der Waals surface area contributed by atoms with Crippen molar-refractivity contribution in [2.75, 3.05) is 37.4 Å². The van der Waals surface area contributed by atoms with E-state index in [9.17, 15) is 14.4 Å². The molecule has 0 radical (unpaired) electrons. The molecular weight excluding hydrogens is 436 g/mol. The Hall–Kier alpha value is -3.75. The second-order valence-electron chi connectivity index (χ2n) is 8.64. The van der Waals surface area contributed by atoms with Crippen molar-refractivity contribution in [2.45, 2.75) is 32.7 Å². The molecule has 2 aromatic rings. The third-order valence-electron chi connectivity index (χ3n) is 5.53. The van der Waals surface area contributed by atoms with Crippen LogP contribution in [0.4, 0.5) is 16.2 Å². The van der Waals surface area contributed by atoms with Gasteiger partial charge >= 0.3 is 12.0 Å². The summed E-state index contributed by atoms with van der Waals surface area (Å²) in [6.45, 7) is 5.53. The zero-order valence-corrected chi connectivity index (χ0v) is 19.8. The van der Waals surface area contributed by atoms with Crippen LogP contribution in [0.3, 0.4) is 0 Å². The maximum Gasteiger partial charge on any atom is 0.337 e. The van der Waals surface area contributed by atoms with Gasteiger partial charge in [0.1, 0.15) is 5.75 Å². The SMILES string of the molecule is COC(=O)c1cccc(OCC2CCCN(C(=O)Nc3ccc(NC(C)C)c(C(N)=O)c3)C2)c1. The quantitative estimate of drug-likeness (QED) is 0.508. The molecule has 1 unspecified atom stereocenters. The predicted octanol–water partition coefficient (Wildman–Crippen LogP) is 3.72. The fourth-order valence-electron chi connectivity index (χ4n) is 3.90. The molecular formula is C25H32N4O5. The van der Waals surface area contributed by atoms with Gasteiger partial charge in [-0.2, -0.15) is 0 Å². The van der Waals surface area contributed by atoms with Crippen molar-refractivity contribution in [1.82, 2.24) is 4.90 Å². The lowest BCUT2D eigenvalue weighted by atomic mass is 9.99. The first-order valence-electron chi connectivity index (χ1n) is 11.3. The molecule has 1 heterocycles. The van der Waals surface area contributed by atoms with Crippen LogP contribution in [-0.4, -0.2) is 55.7 Å². The van der Waals surface area contributed by atoms with Gasteiger partial charge in [0.25, 0.3) is 5.91 Å². The average Bonchev–Trinajstić information content (AvgIpc) is 2.83. The predicted molar refractivity (Wildman–Crippen MR) is 130 cm³/mol. The number of piperidine rings is 1. The van der Waals surface area contributed by atoms with E-state index >= 15 is 0 Å². The van der Waals surface area contributed by atoms with Gasteiger partial charge in [0.05, 0.1) is 24.8 Å². The molecule has 9 heteroatoms. The summed E-state index contributed by atoms with van der Waals surface area (Å²) in [5.74, 6) is -0.247. The summed E-state index contributed by atoms with van der Waals surface area (Å²) in [6.07, 6.45) is 1.79. The van der Waals surface area contributed by atoms with Crippen LogP contribution in [-0.2, 0) is 4.74 Å². The number of esters is 1. The van der Waals surface area contributed by atoms with E-state index in [4.69, 9.17) is 15.2 Å². The highest BCUT2D eigenvalue weighted by Crippen LogP contribution is 2.23. The number of hydrogen-bond acceptors (Lipinski definition) is 6. The van der Waals surface area contributed by atoms with Crippen LogP contribution >= 0.6 is 0 Å². The summed E-state index contributed by atoms with van der Waals surface area (Å²) < 4.78 is 10.6. The van der Waals surface area contributed by atoms with Crippen LogP contribution < -0.4 is 21.1 Å². The molecule has 1 aliphatic rings. The molecule has 9 nitrogen and oxygen atoms in total. The van der Waals surface area contributed by atoms with Crippen molar-refractivity contribution in [3.63, 3.8) is 0 Å². The number of nitrogens with zero attached hydrogens (tertiary/aromatic N) is 1. The highest BCUT2D eigenvalue weighted by Gasteiger charge is 2.25. The number of amides is 3. The molecule has 0 bridgehead atoms. The Morgan fingerprint density at radius 2 is 1.97 bits per heavy atom. The van der Waals surface area contributed by atoms with E-state index in [-0.39, 0.29) is 18.0 Å². The minimum absolute atomic E-state index is 0.133. The number of primary amides is 1. The number of nitrogens with two attached hydrogens (primary N) is 1. The van der Waals surface area contributed by atoms with Crippen LogP contribution in [0.2, 0.25) is 0 Å². The highest BCUT2D eigenvalue weighted by molar-refractivity contribution is 6.00. The molecule has 1 atom stereocenters. The summed E-state index contributed by atoms with van der Waals surface area (Å²) in [5, 5.41) is 6.05. The van der Waals surface area contributed by atoms with Gasteiger partial charge in [0, 0.05) is 36.4 Å². The molecule has 0 aliphatic carbocycles. The number of benzene rings is 2. The van der Waals surface area contributed by atoms with E-state index in [1.807, 2.05) is 13.8 Å². The van der Waals surface area contributed by atoms with Gasteiger partial charge in [0.2, 0.25) is 0 Å². The van der Waals surface area contributed by atoms with Crippen molar-refractivity contribution in [1.29, 1.82) is 0 Å². The summed E-state index contributed by atoms with van der Waals surface area (Å²) in [4.78, 5) is 38.2. The van der Waals surface area contributed by atoms with E-state index < -0.39 is 11.9 Å². The summed E-state index contributed by atoms with van der Waals surface area (Å²) in [7, 11) is 1.34. The molecule has 182 valence electrons. The number of methoxy groups -OCH3 is 1. The Labute approximate surface area is 199 Å². The normalized spacial score (nSPS) is 15.5. The minimum atomic E-state index is -0.564. The van der Waals surface area contributed by atoms with Gasteiger partial charge in [-0.1, -0.05) is 6.07 Å². The Bertz CT molecular complexity index is 1040. The number of carbonyl (C=O) groups excluding carboxylic acids is 3. The lowest BCUT2D eigenvalue weighted by Crippen LogP contribution is -2.43. The molecule has 0 aromatic heterocycles. The first-order chi connectivity index (χ1) is 16.3. The van der Waals surface area contributed by atoms with Gasteiger partial charge in [0.15, 0.2) is 0 Å². The van der Waals surface area contributed by atoms with Crippen molar-refractivity contribution in [2.24, 2.45) is 11.7 Å². The molecule has 1 aliphatic heterocycles. The third kappa shape index (κ3) is 6.63. The molecule has 3 amide bonds. The molecule has 2 aromatic carbocycles. The lowest BCUT2D eigenvalue weighted by molar-refractivity contribution is 0.0599. The fraction of sp³-hybridized carbons (Fsp3) is 0.400. The van der Waals surface area contributed by atoms with Crippen molar-refractivity contribution < 1.29 is 23.9 Å². The van der Waals surface area contributed by atoms with E-state index in [1.165, 1.54) is 7.11 Å². The zero-order valence-electron chi connectivity index (χ0n) is 19.8. The number of likely N-dealkylation sites (tertiary alicyclic amines) is 1. The number of ether oxygens (including phenoxy) is 2. The first kappa shape index (κ1) is 24.9. The first-order valence-corrected chi connectivity index (χ1v) is 11.3. The minimum Gasteiger partial charge on any atom is -0.493 e. The molecule has 34 heavy (non-hydrogen) atoms. The van der Waals surface area contributed by atoms with Crippen molar-refractivity contribution >= 4 is 29.3 Å². The van der Waals surface area contributed by atoms with Crippen LogP contribution in [0.25, 0.3) is 0 Å². The molecule has 1 fully saturated rings. The summed E-state index contributed by atoms with van der Waals surface area (Å²) in [6, 6.07) is 11.8. The summed E-state index contributed by atoms with van der Waals surface area (Å²) in [5.41, 5.74) is 7.41. The number of urea groups is 1. The second kappa shape index (κ2) is 11.4. The van der Waals surface area contributed by atoms with E-state index in [2.05, 4.69) is 10.6 Å². The average molecular weight is 469 g/mol. The number of hydrogen-bond donors (Lipinski definition) is 3. The standard InChI is InChI=1S/C25H32N4O5/c1-16(2)27-22-10-9-19(13-21(22)23(26)30)28-25(32)29-11-5-6-17(14-29)15-34-20-8-4-7-18(12-20)24(31)33-3/h4,7-10,12-13,16-17,27H,5-6,11,14-15H2,1-3H3,(H2,26,30)(H,28,32). The summed E-state index contributed by atoms with van der Waals surface area (Å²) >= 11 is 0.